The third-order valence-corrected chi connectivity index (χ3v) is 3.95. The van der Waals surface area contributed by atoms with Crippen molar-refractivity contribution >= 4 is 26.0 Å². The molecule has 0 aliphatic heterocycles. The number of rotatable bonds is 7. The van der Waals surface area contributed by atoms with Crippen LogP contribution in [0.3, 0.4) is 0 Å². The van der Waals surface area contributed by atoms with Gasteiger partial charge in [0, 0.05) is 11.0 Å². The minimum atomic E-state index is -4.02. The minimum absolute atomic E-state index is 0.218. The van der Waals surface area contributed by atoms with Crippen LogP contribution in [-0.4, -0.2) is 34.6 Å². The Labute approximate surface area is 117 Å². The number of halogens is 4. The summed E-state index contributed by atoms with van der Waals surface area (Å²) in [7, 11) is -4.02. The van der Waals surface area contributed by atoms with Crippen LogP contribution in [-0.2, 0) is 14.8 Å². The molecule has 0 aliphatic carbocycles. The van der Waals surface area contributed by atoms with Crippen LogP contribution >= 0.6 is 15.9 Å². The maximum atomic E-state index is 13.4. The molecule has 0 radical (unpaired) electrons. The fourth-order valence-corrected chi connectivity index (χ4v) is 2.60. The molecular formula is C10H11BrF3NO3S. The molecule has 0 bridgehead atoms. The van der Waals surface area contributed by atoms with E-state index in [1.807, 2.05) is 0 Å². The largest absolute Gasteiger partial charge is 0.374 e. The molecule has 0 saturated carbocycles. The van der Waals surface area contributed by atoms with E-state index >= 15 is 0 Å². The predicted molar refractivity (Wildman–Crippen MR) is 66.1 cm³/mol. The molecule has 0 aromatic heterocycles. The number of nitrogens with one attached hydrogen (secondary N) is 1. The van der Waals surface area contributed by atoms with Crippen LogP contribution in [0.2, 0.25) is 0 Å². The fourth-order valence-electron chi connectivity index (χ4n) is 1.19. The average molecular weight is 362 g/mol. The third kappa shape index (κ3) is 5.47. The summed E-state index contributed by atoms with van der Waals surface area (Å²) in [6, 6.07) is 3.49. The predicted octanol–water partition coefficient (Wildman–Crippen LogP) is 2.15. The van der Waals surface area contributed by atoms with Gasteiger partial charge in [-0.1, -0.05) is 15.9 Å². The fraction of sp³-hybridized carbons (Fsp3) is 0.400. The number of sulfonamides is 1. The summed E-state index contributed by atoms with van der Waals surface area (Å²) >= 11 is 3.00. The highest BCUT2D eigenvalue weighted by atomic mass is 79.9. The van der Waals surface area contributed by atoms with E-state index in [0.29, 0.717) is 4.47 Å². The van der Waals surface area contributed by atoms with Crippen molar-refractivity contribution in [2.24, 2.45) is 0 Å². The van der Waals surface area contributed by atoms with E-state index in [-0.39, 0.29) is 13.2 Å². The Hall–Kier alpha value is -0.640. The highest BCUT2D eigenvalue weighted by Gasteiger charge is 2.18. The van der Waals surface area contributed by atoms with Crippen molar-refractivity contribution in [3.05, 3.63) is 28.5 Å². The first kappa shape index (κ1) is 16.4. The molecule has 0 saturated heterocycles. The van der Waals surface area contributed by atoms with E-state index in [1.54, 1.807) is 0 Å². The van der Waals surface area contributed by atoms with E-state index in [1.165, 1.54) is 6.07 Å². The first-order chi connectivity index (χ1) is 8.83. The first-order valence-corrected chi connectivity index (χ1v) is 7.41. The summed E-state index contributed by atoms with van der Waals surface area (Å²) in [4.78, 5) is -0.510. The van der Waals surface area contributed by atoms with Gasteiger partial charge in [0.2, 0.25) is 10.0 Å². The summed E-state index contributed by atoms with van der Waals surface area (Å²) in [5.74, 6) is -0.907. The molecule has 0 heterocycles. The van der Waals surface area contributed by atoms with Gasteiger partial charge in [-0.05, 0) is 18.2 Å². The summed E-state index contributed by atoms with van der Waals surface area (Å²) in [5, 5.41) is 0. The summed E-state index contributed by atoms with van der Waals surface area (Å²) < 4.78 is 67.3. The molecule has 1 aromatic carbocycles. The van der Waals surface area contributed by atoms with Crippen LogP contribution in [0, 0.1) is 5.82 Å². The Morgan fingerprint density at radius 2 is 2.05 bits per heavy atom. The Kier molecular flexibility index (Phi) is 6.24. The Bertz CT molecular complexity index is 525. The van der Waals surface area contributed by atoms with Crippen molar-refractivity contribution < 1.29 is 26.3 Å². The van der Waals surface area contributed by atoms with Gasteiger partial charge in [-0.2, -0.15) is 0 Å². The van der Waals surface area contributed by atoms with Crippen LogP contribution in [0.1, 0.15) is 0 Å². The van der Waals surface area contributed by atoms with Gasteiger partial charge in [0.25, 0.3) is 6.43 Å². The number of benzene rings is 1. The number of alkyl halides is 2. The van der Waals surface area contributed by atoms with Crippen molar-refractivity contribution in [3.8, 4) is 0 Å². The van der Waals surface area contributed by atoms with E-state index in [4.69, 9.17) is 0 Å². The molecule has 1 N–H and O–H groups in total. The van der Waals surface area contributed by atoms with Gasteiger partial charge in [0.15, 0.2) is 0 Å². The molecule has 1 rings (SSSR count). The lowest BCUT2D eigenvalue weighted by molar-refractivity contribution is 0.0199. The van der Waals surface area contributed by atoms with E-state index in [2.05, 4.69) is 25.4 Å². The maximum Gasteiger partial charge on any atom is 0.261 e. The first-order valence-electron chi connectivity index (χ1n) is 5.13. The third-order valence-electron chi connectivity index (χ3n) is 1.97. The molecule has 4 nitrogen and oxygen atoms in total. The zero-order valence-corrected chi connectivity index (χ0v) is 12.0. The highest BCUT2D eigenvalue weighted by molar-refractivity contribution is 9.10. The van der Waals surface area contributed by atoms with Crippen LogP contribution in [0.4, 0.5) is 13.2 Å². The smallest absolute Gasteiger partial charge is 0.261 e. The molecule has 108 valence electrons. The molecule has 19 heavy (non-hydrogen) atoms. The van der Waals surface area contributed by atoms with Gasteiger partial charge >= 0.3 is 0 Å². The topological polar surface area (TPSA) is 55.4 Å². The molecule has 0 atom stereocenters. The van der Waals surface area contributed by atoms with Gasteiger partial charge in [0.1, 0.15) is 17.3 Å². The second-order valence-corrected chi connectivity index (χ2v) is 6.09. The number of ether oxygens (including phenoxy) is 1. The van der Waals surface area contributed by atoms with Gasteiger partial charge in [-0.15, -0.1) is 0 Å². The molecule has 0 fully saturated rings. The van der Waals surface area contributed by atoms with Crippen molar-refractivity contribution in [3.63, 3.8) is 0 Å². The normalized spacial score (nSPS) is 12.1. The SMILES string of the molecule is O=S(=O)(NCCOCC(F)F)c1ccc(Br)cc1F. The molecule has 0 aliphatic rings. The Morgan fingerprint density at radius 1 is 1.37 bits per heavy atom. The Morgan fingerprint density at radius 3 is 2.63 bits per heavy atom. The van der Waals surface area contributed by atoms with E-state index in [0.717, 1.165) is 12.1 Å². The van der Waals surface area contributed by atoms with E-state index in [9.17, 15) is 21.6 Å². The van der Waals surface area contributed by atoms with Crippen molar-refractivity contribution in [2.75, 3.05) is 19.8 Å². The standard InChI is InChI=1S/C10H11BrF3NO3S/c11-7-1-2-9(8(12)5-7)19(16,17)15-3-4-18-6-10(13)14/h1-2,5,10,15H,3-4,6H2. The van der Waals surface area contributed by atoms with Gasteiger partial charge in [-0.25, -0.2) is 26.3 Å². The van der Waals surface area contributed by atoms with Crippen LogP contribution in [0.25, 0.3) is 0 Å². The summed E-state index contributed by atoms with van der Waals surface area (Å²) in [5.41, 5.74) is 0. The van der Waals surface area contributed by atoms with Gasteiger partial charge in [-0.3, -0.25) is 0 Å². The molecule has 0 unspecified atom stereocenters. The number of hydrogen-bond acceptors (Lipinski definition) is 3. The quantitative estimate of drug-likeness (QED) is 0.757. The highest BCUT2D eigenvalue weighted by Crippen LogP contribution is 2.18. The average Bonchev–Trinajstić information content (AvgIpc) is 2.27. The second-order valence-electron chi connectivity index (χ2n) is 3.44. The van der Waals surface area contributed by atoms with Crippen LogP contribution in [0.5, 0.6) is 0 Å². The van der Waals surface area contributed by atoms with Gasteiger partial charge < -0.3 is 4.74 Å². The maximum absolute atomic E-state index is 13.4. The summed E-state index contributed by atoms with van der Waals surface area (Å²) in [6.45, 7) is -1.21. The molecule has 0 spiro atoms. The van der Waals surface area contributed by atoms with Crippen molar-refractivity contribution in [1.82, 2.24) is 4.72 Å². The van der Waals surface area contributed by atoms with Crippen molar-refractivity contribution in [2.45, 2.75) is 11.3 Å². The monoisotopic (exact) mass is 361 g/mol. The van der Waals surface area contributed by atoms with Gasteiger partial charge in [0.05, 0.1) is 6.61 Å². The molecule has 9 heteroatoms. The minimum Gasteiger partial charge on any atom is -0.374 e. The number of hydrogen-bond donors (Lipinski definition) is 1. The summed E-state index contributed by atoms with van der Waals surface area (Å²) in [6.07, 6.45) is -2.61. The van der Waals surface area contributed by atoms with Crippen LogP contribution in [0.15, 0.2) is 27.6 Å². The second kappa shape index (κ2) is 7.22. The lowest BCUT2D eigenvalue weighted by Gasteiger charge is -2.08. The molecular weight excluding hydrogens is 351 g/mol. The lowest BCUT2D eigenvalue weighted by atomic mass is 10.3. The molecule has 0 amide bonds. The van der Waals surface area contributed by atoms with E-state index < -0.39 is 33.8 Å². The van der Waals surface area contributed by atoms with Crippen LogP contribution < -0.4 is 4.72 Å². The zero-order chi connectivity index (χ0) is 14.5. The van der Waals surface area contributed by atoms with Crippen molar-refractivity contribution in [1.29, 1.82) is 0 Å². The zero-order valence-electron chi connectivity index (χ0n) is 9.58. The Balaban J connectivity index is 2.56. The lowest BCUT2D eigenvalue weighted by Crippen LogP contribution is -2.28. The molecule has 1 aromatic rings.